The lowest BCUT2D eigenvalue weighted by atomic mass is 10.0. The van der Waals surface area contributed by atoms with Crippen LogP contribution in [-0.2, 0) is 14.8 Å². The van der Waals surface area contributed by atoms with E-state index in [1.807, 2.05) is 13.0 Å². The molecule has 0 spiro atoms. The van der Waals surface area contributed by atoms with E-state index in [1.165, 1.54) is 28.6 Å². The minimum absolute atomic E-state index is 0.119. The van der Waals surface area contributed by atoms with Crippen molar-refractivity contribution in [3.8, 4) is 0 Å². The molecule has 0 unspecified atom stereocenters. The van der Waals surface area contributed by atoms with Gasteiger partial charge in [0.25, 0.3) is 17.7 Å². The minimum atomic E-state index is -3.57. The van der Waals surface area contributed by atoms with Gasteiger partial charge in [0.15, 0.2) is 0 Å². The molecule has 34 heavy (non-hydrogen) atoms. The first-order valence-corrected chi connectivity index (χ1v) is 12.6. The van der Waals surface area contributed by atoms with Crippen LogP contribution < -0.4 is 16.2 Å². The molecule has 1 aliphatic heterocycles. The molecule has 0 saturated carbocycles. The molecule has 3 N–H and O–H groups in total. The number of carbonyl (C=O) groups excluding carboxylic acids is 3. The van der Waals surface area contributed by atoms with Gasteiger partial charge in [-0.3, -0.25) is 25.2 Å². The molecule has 1 saturated heterocycles. The number of sulfonamides is 1. The zero-order valence-electron chi connectivity index (χ0n) is 19.5. The van der Waals surface area contributed by atoms with Crippen molar-refractivity contribution in [2.45, 2.75) is 44.6 Å². The molecule has 0 aliphatic carbocycles. The second-order valence-electron chi connectivity index (χ2n) is 8.64. The molecule has 3 amide bonds. The van der Waals surface area contributed by atoms with Gasteiger partial charge < -0.3 is 5.32 Å². The van der Waals surface area contributed by atoms with Crippen molar-refractivity contribution in [1.29, 1.82) is 0 Å². The molecule has 1 heterocycles. The molecule has 9 nitrogen and oxygen atoms in total. The van der Waals surface area contributed by atoms with Crippen LogP contribution >= 0.6 is 0 Å². The van der Waals surface area contributed by atoms with Gasteiger partial charge in [-0.2, -0.15) is 4.31 Å². The summed E-state index contributed by atoms with van der Waals surface area (Å²) in [7, 11) is -3.57. The Morgan fingerprint density at radius 3 is 2.12 bits per heavy atom. The molecule has 1 fully saturated rings. The largest absolute Gasteiger partial charge is 0.340 e. The quantitative estimate of drug-likeness (QED) is 0.516. The van der Waals surface area contributed by atoms with E-state index in [0.29, 0.717) is 18.7 Å². The highest BCUT2D eigenvalue weighted by atomic mass is 32.2. The molecular weight excluding hydrogens is 456 g/mol. The van der Waals surface area contributed by atoms with E-state index in [0.717, 1.165) is 18.4 Å². The van der Waals surface area contributed by atoms with Crippen molar-refractivity contribution in [3.05, 3.63) is 65.2 Å². The van der Waals surface area contributed by atoms with E-state index in [-0.39, 0.29) is 16.4 Å². The van der Waals surface area contributed by atoms with Crippen LogP contribution in [0.1, 0.15) is 53.0 Å². The van der Waals surface area contributed by atoms with Crippen LogP contribution in [0.15, 0.2) is 53.4 Å². The first-order valence-electron chi connectivity index (χ1n) is 11.2. The number of amides is 3. The third kappa shape index (κ3) is 6.00. The highest BCUT2D eigenvalue weighted by Gasteiger charge is 2.28. The molecule has 2 aromatic rings. The van der Waals surface area contributed by atoms with E-state index in [4.69, 9.17) is 0 Å². The van der Waals surface area contributed by atoms with Crippen LogP contribution in [0, 0.1) is 12.8 Å². The molecule has 10 heteroatoms. The van der Waals surface area contributed by atoms with Crippen LogP contribution in [0.4, 0.5) is 0 Å². The van der Waals surface area contributed by atoms with E-state index in [9.17, 15) is 22.8 Å². The molecule has 0 bridgehead atoms. The fourth-order valence-corrected chi connectivity index (χ4v) is 5.19. The molecule has 3 rings (SSSR count). The minimum Gasteiger partial charge on any atom is -0.340 e. The number of aryl methyl sites for hydroxylation is 1. The van der Waals surface area contributed by atoms with E-state index >= 15 is 0 Å². The number of hydrazine groups is 1. The molecule has 0 radical (unpaired) electrons. The molecule has 2 aromatic carbocycles. The zero-order valence-corrected chi connectivity index (χ0v) is 20.3. The smallest absolute Gasteiger partial charge is 0.269 e. The Morgan fingerprint density at radius 2 is 1.53 bits per heavy atom. The topological polar surface area (TPSA) is 125 Å². The number of nitrogens with zero attached hydrogens (tertiary/aromatic N) is 1. The Kier molecular flexibility index (Phi) is 8.06. The number of rotatable bonds is 7. The Balaban J connectivity index is 1.60. The van der Waals surface area contributed by atoms with Gasteiger partial charge in [0, 0.05) is 24.2 Å². The second-order valence-corrected chi connectivity index (χ2v) is 10.6. The predicted octanol–water partition coefficient (Wildman–Crippen LogP) is 2.00. The summed E-state index contributed by atoms with van der Waals surface area (Å²) in [6, 6.07) is 11.7. The van der Waals surface area contributed by atoms with Gasteiger partial charge in [-0.15, -0.1) is 0 Å². The summed E-state index contributed by atoms with van der Waals surface area (Å²) in [5.41, 5.74) is 6.20. The predicted molar refractivity (Wildman–Crippen MR) is 127 cm³/mol. The maximum Gasteiger partial charge on any atom is 0.269 e. The Labute approximate surface area is 199 Å². The summed E-state index contributed by atoms with van der Waals surface area (Å²) in [6.07, 6.45) is 1.67. The summed E-state index contributed by atoms with van der Waals surface area (Å²) < 4.78 is 26.7. The Morgan fingerprint density at radius 1 is 0.882 bits per heavy atom. The van der Waals surface area contributed by atoms with Gasteiger partial charge in [0.2, 0.25) is 10.0 Å². The van der Waals surface area contributed by atoms with Crippen molar-refractivity contribution >= 4 is 27.7 Å². The molecule has 0 aromatic heterocycles. The maximum atomic E-state index is 12.7. The van der Waals surface area contributed by atoms with Gasteiger partial charge in [0.1, 0.15) is 6.04 Å². The number of nitrogens with one attached hydrogen (secondary N) is 3. The van der Waals surface area contributed by atoms with Crippen LogP contribution in [0.5, 0.6) is 0 Å². The number of benzene rings is 2. The van der Waals surface area contributed by atoms with E-state index in [1.54, 1.807) is 32.0 Å². The first kappa shape index (κ1) is 25.4. The van der Waals surface area contributed by atoms with Gasteiger partial charge >= 0.3 is 0 Å². The van der Waals surface area contributed by atoms with Crippen molar-refractivity contribution < 1.29 is 22.8 Å². The normalized spacial score (nSPS) is 15.1. The Hall–Kier alpha value is -3.24. The van der Waals surface area contributed by atoms with Crippen LogP contribution in [-0.4, -0.2) is 49.6 Å². The van der Waals surface area contributed by atoms with Crippen molar-refractivity contribution in [2.24, 2.45) is 5.92 Å². The number of hydrogen-bond donors (Lipinski definition) is 3. The third-order valence-electron chi connectivity index (χ3n) is 5.63. The van der Waals surface area contributed by atoms with Gasteiger partial charge in [0.05, 0.1) is 4.90 Å². The van der Waals surface area contributed by atoms with Crippen LogP contribution in [0.25, 0.3) is 0 Å². The third-order valence-corrected chi connectivity index (χ3v) is 7.55. The van der Waals surface area contributed by atoms with Gasteiger partial charge in [-0.1, -0.05) is 31.5 Å². The summed E-state index contributed by atoms with van der Waals surface area (Å²) in [4.78, 5) is 37.8. The average molecular weight is 487 g/mol. The lowest BCUT2D eigenvalue weighted by Crippen LogP contribution is -2.54. The van der Waals surface area contributed by atoms with Gasteiger partial charge in [-0.05, 0) is 62.1 Å². The summed E-state index contributed by atoms with van der Waals surface area (Å²) in [5, 5.41) is 2.70. The van der Waals surface area contributed by atoms with E-state index in [2.05, 4.69) is 16.2 Å². The SMILES string of the molecule is Cc1cccc(C(=O)N[C@@H](C(=O)NNC(=O)c2ccc(S(=O)(=O)N3CCCC3)cc2)C(C)C)c1. The van der Waals surface area contributed by atoms with Crippen molar-refractivity contribution in [3.63, 3.8) is 0 Å². The number of carbonyl (C=O) groups is 3. The van der Waals surface area contributed by atoms with Gasteiger partial charge in [-0.25, -0.2) is 8.42 Å². The van der Waals surface area contributed by atoms with Crippen LogP contribution in [0.2, 0.25) is 0 Å². The lowest BCUT2D eigenvalue weighted by molar-refractivity contribution is -0.124. The summed E-state index contributed by atoms with van der Waals surface area (Å²) >= 11 is 0. The fraction of sp³-hybridized carbons (Fsp3) is 0.375. The van der Waals surface area contributed by atoms with Crippen molar-refractivity contribution in [2.75, 3.05) is 13.1 Å². The molecular formula is C24H30N4O5S. The maximum absolute atomic E-state index is 12.7. The molecule has 1 atom stereocenters. The standard InChI is InChI=1S/C24H30N4O5S/c1-16(2)21(25-22(29)19-8-6-7-17(3)15-19)24(31)27-26-23(30)18-9-11-20(12-10-18)34(32,33)28-13-4-5-14-28/h6-12,15-16,21H,4-5,13-14H2,1-3H3,(H,25,29)(H,26,30)(H,27,31)/t21-/m1/s1. The summed E-state index contributed by atoms with van der Waals surface area (Å²) in [5.74, 6) is -1.80. The molecule has 1 aliphatic rings. The Bertz CT molecular complexity index is 1160. The molecule has 182 valence electrons. The second kappa shape index (κ2) is 10.8. The highest BCUT2D eigenvalue weighted by molar-refractivity contribution is 7.89. The highest BCUT2D eigenvalue weighted by Crippen LogP contribution is 2.21. The summed E-state index contributed by atoms with van der Waals surface area (Å²) in [6.45, 7) is 6.42. The number of hydrogen-bond acceptors (Lipinski definition) is 5. The lowest BCUT2D eigenvalue weighted by Gasteiger charge is -2.22. The zero-order chi connectivity index (χ0) is 24.9. The van der Waals surface area contributed by atoms with Crippen molar-refractivity contribution in [1.82, 2.24) is 20.5 Å². The average Bonchev–Trinajstić information content (AvgIpc) is 3.36. The monoisotopic (exact) mass is 486 g/mol. The fourth-order valence-electron chi connectivity index (χ4n) is 3.67. The first-order chi connectivity index (χ1) is 16.1. The van der Waals surface area contributed by atoms with Crippen LogP contribution in [0.3, 0.4) is 0 Å². The van der Waals surface area contributed by atoms with E-state index < -0.39 is 33.8 Å².